The second kappa shape index (κ2) is 3.25. The van der Waals surface area contributed by atoms with E-state index in [1.807, 2.05) is 13.0 Å². The zero-order valence-electron chi connectivity index (χ0n) is 9.13. The summed E-state index contributed by atoms with van der Waals surface area (Å²) in [6.45, 7) is 6.38. The lowest BCUT2D eigenvalue weighted by atomic mass is 9.88. The molecular formula is C10H16N2O2. The zero-order valence-corrected chi connectivity index (χ0v) is 9.13. The molecule has 0 N–H and O–H groups in total. The zero-order chi connectivity index (χ0) is 11.0. The van der Waals surface area contributed by atoms with Gasteiger partial charge in [0.2, 0.25) is 5.91 Å². The van der Waals surface area contributed by atoms with Gasteiger partial charge in [-0.15, -0.1) is 0 Å². The average molecular weight is 196 g/mol. The first-order valence-electron chi connectivity index (χ1n) is 4.60. The van der Waals surface area contributed by atoms with Crippen LogP contribution in [-0.2, 0) is 9.53 Å². The highest BCUT2D eigenvalue weighted by Gasteiger charge is 2.45. The van der Waals surface area contributed by atoms with Crippen molar-refractivity contribution in [3.8, 4) is 6.07 Å². The van der Waals surface area contributed by atoms with Crippen molar-refractivity contribution in [2.24, 2.45) is 5.41 Å². The Morgan fingerprint density at radius 3 is 2.43 bits per heavy atom. The highest BCUT2D eigenvalue weighted by Crippen LogP contribution is 2.28. The van der Waals surface area contributed by atoms with Crippen molar-refractivity contribution < 1.29 is 9.53 Å². The number of ether oxygens (including phenoxy) is 1. The van der Waals surface area contributed by atoms with Crippen LogP contribution in [0.1, 0.15) is 20.8 Å². The van der Waals surface area contributed by atoms with Gasteiger partial charge in [-0.05, 0) is 20.8 Å². The Kier molecular flexibility index (Phi) is 2.55. The van der Waals surface area contributed by atoms with Crippen LogP contribution in [0.15, 0.2) is 0 Å². The molecule has 0 aliphatic carbocycles. The molecule has 4 nitrogen and oxygen atoms in total. The minimum Gasteiger partial charge on any atom is -0.375 e. The monoisotopic (exact) mass is 196 g/mol. The molecule has 0 aromatic rings. The third kappa shape index (κ3) is 1.73. The first kappa shape index (κ1) is 11.0. The summed E-state index contributed by atoms with van der Waals surface area (Å²) >= 11 is 0. The second-order valence-corrected chi connectivity index (χ2v) is 4.55. The molecule has 0 atom stereocenters. The number of amides is 1. The summed E-state index contributed by atoms with van der Waals surface area (Å²) in [7, 11) is 1.64. The lowest BCUT2D eigenvalue weighted by Crippen LogP contribution is -2.64. The number of nitriles is 1. The largest absolute Gasteiger partial charge is 0.375 e. The number of likely N-dealkylation sites (tertiary alicyclic amines) is 1. The molecule has 4 heteroatoms. The van der Waals surface area contributed by atoms with Crippen LogP contribution in [0.2, 0.25) is 0 Å². The van der Waals surface area contributed by atoms with E-state index < -0.39 is 5.41 Å². The molecule has 0 aromatic heterocycles. The topological polar surface area (TPSA) is 53.3 Å². The molecular weight excluding hydrogens is 180 g/mol. The van der Waals surface area contributed by atoms with Gasteiger partial charge in [0.25, 0.3) is 0 Å². The van der Waals surface area contributed by atoms with E-state index in [-0.39, 0.29) is 11.5 Å². The van der Waals surface area contributed by atoms with Crippen molar-refractivity contribution in [3.05, 3.63) is 0 Å². The summed E-state index contributed by atoms with van der Waals surface area (Å²) in [5.41, 5.74) is -1.14. The van der Waals surface area contributed by atoms with E-state index in [9.17, 15) is 4.79 Å². The summed E-state index contributed by atoms with van der Waals surface area (Å²) in [4.78, 5) is 13.4. The van der Waals surface area contributed by atoms with Crippen LogP contribution < -0.4 is 0 Å². The molecule has 0 aromatic carbocycles. The maximum atomic E-state index is 11.7. The molecule has 0 unspecified atom stereocenters. The van der Waals surface area contributed by atoms with E-state index in [1.165, 1.54) is 0 Å². The van der Waals surface area contributed by atoms with E-state index in [0.29, 0.717) is 13.1 Å². The second-order valence-electron chi connectivity index (χ2n) is 4.55. The fourth-order valence-electron chi connectivity index (χ4n) is 1.48. The van der Waals surface area contributed by atoms with Gasteiger partial charge in [0.05, 0.1) is 24.8 Å². The van der Waals surface area contributed by atoms with E-state index in [1.54, 1.807) is 25.9 Å². The van der Waals surface area contributed by atoms with Crippen molar-refractivity contribution in [1.82, 2.24) is 4.90 Å². The molecule has 1 aliphatic heterocycles. The maximum Gasteiger partial charge on any atom is 0.242 e. The molecule has 0 spiro atoms. The number of nitrogens with zero attached hydrogens (tertiary/aromatic N) is 2. The van der Waals surface area contributed by atoms with Gasteiger partial charge < -0.3 is 9.64 Å². The summed E-state index contributed by atoms with van der Waals surface area (Å²) in [5, 5.41) is 8.79. The molecule has 78 valence electrons. The van der Waals surface area contributed by atoms with Gasteiger partial charge >= 0.3 is 0 Å². The number of carbonyl (C=O) groups excluding carboxylic acids is 1. The molecule has 1 aliphatic rings. The van der Waals surface area contributed by atoms with Gasteiger partial charge in [0, 0.05) is 7.11 Å². The summed E-state index contributed by atoms with van der Waals surface area (Å²) in [6.07, 6.45) is 0. The van der Waals surface area contributed by atoms with Crippen LogP contribution >= 0.6 is 0 Å². The fraction of sp³-hybridized carbons (Fsp3) is 0.800. The van der Waals surface area contributed by atoms with Gasteiger partial charge in [0.1, 0.15) is 5.41 Å². The smallest absolute Gasteiger partial charge is 0.242 e. The Hall–Kier alpha value is -1.08. The Morgan fingerprint density at radius 1 is 1.57 bits per heavy atom. The van der Waals surface area contributed by atoms with E-state index >= 15 is 0 Å². The maximum absolute atomic E-state index is 11.7. The first-order valence-corrected chi connectivity index (χ1v) is 4.60. The molecule has 0 saturated carbocycles. The Labute approximate surface area is 84.4 Å². The van der Waals surface area contributed by atoms with E-state index in [2.05, 4.69) is 0 Å². The molecule has 1 heterocycles. The molecule has 1 rings (SSSR count). The van der Waals surface area contributed by atoms with E-state index in [0.717, 1.165) is 0 Å². The predicted molar refractivity (Wildman–Crippen MR) is 51.4 cm³/mol. The van der Waals surface area contributed by atoms with Gasteiger partial charge in [-0.3, -0.25) is 4.79 Å². The third-order valence-corrected chi connectivity index (χ3v) is 2.64. The van der Waals surface area contributed by atoms with Crippen molar-refractivity contribution in [2.75, 3.05) is 20.2 Å². The van der Waals surface area contributed by atoms with Crippen molar-refractivity contribution in [1.29, 1.82) is 5.26 Å². The lowest BCUT2D eigenvalue weighted by Gasteiger charge is -2.48. The Bertz CT molecular complexity index is 285. The van der Waals surface area contributed by atoms with Crippen LogP contribution in [0, 0.1) is 16.7 Å². The normalized spacial score (nSPS) is 19.8. The fourth-order valence-corrected chi connectivity index (χ4v) is 1.48. The third-order valence-electron chi connectivity index (χ3n) is 2.64. The van der Waals surface area contributed by atoms with Crippen LogP contribution in [0.4, 0.5) is 0 Å². The van der Waals surface area contributed by atoms with Crippen LogP contribution in [-0.4, -0.2) is 36.6 Å². The van der Waals surface area contributed by atoms with Crippen molar-refractivity contribution >= 4 is 5.91 Å². The van der Waals surface area contributed by atoms with Crippen LogP contribution in [0.25, 0.3) is 0 Å². The molecule has 1 amide bonds. The number of methoxy groups -OCH3 is 1. The SMILES string of the molecule is COC1(C)CN(C(=O)C(C)(C)C#N)C1. The number of hydrogen-bond acceptors (Lipinski definition) is 3. The molecule has 1 saturated heterocycles. The molecule has 14 heavy (non-hydrogen) atoms. The van der Waals surface area contributed by atoms with Crippen LogP contribution in [0.5, 0.6) is 0 Å². The highest BCUT2D eigenvalue weighted by molar-refractivity contribution is 5.85. The molecule has 1 fully saturated rings. The molecule has 0 radical (unpaired) electrons. The first-order chi connectivity index (χ1) is 6.34. The summed E-state index contributed by atoms with van der Waals surface area (Å²) < 4.78 is 5.22. The van der Waals surface area contributed by atoms with Gasteiger partial charge in [0.15, 0.2) is 0 Å². The number of carbonyl (C=O) groups is 1. The van der Waals surface area contributed by atoms with Crippen molar-refractivity contribution in [2.45, 2.75) is 26.4 Å². The summed E-state index contributed by atoms with van der Waals surface area (Å²) in [6, 6.07) is 2.00. The van der Waals surface area contributed by atoms with Gasteiger partial charge in [-0.1, -0.05) is 0 Å². The van der Waals surface area contributed by atoms with Gasteiger partial charge in [-0.25, -0.2) is 0 Å². The van der Waals surface area contributed by atoms with Gasteiger partial charge in [-0.2, -0.15) is 5.26 Å². The highest BCUT2D eigenvalue weighted by atomic mass is 16.5. The average Bonchev–Trinajstić information content (AvgIpc) is 2.11. The minimum atomic E-state index is -0.922. The van der Waals surface area contributed by atoms with Crippen molar-refractivity contribution in [3.63, 3.8) is 0 Å². The van der Waals surface area contributed by atoms with E-state index in [4.69, 9.17) is 10.00 Å². The lowest BCUT2D eigenvalue weighted by molar-refractivity contribution is -0.163. The standard InChI is InChI=1S/C10H16N2O2/c1-9(2,5-11)8(13)12-6-10(3,7-12)14-4/h6-7H2,1-4H3. The number of hydrogen-bond donors (Lipinski definition) is 0. The van der Waals surface area contributed by atoms with Crippen LogP contribution in [0.3, 0.4) is 0 Å². The molecule has 0 bridgehead atoms. The Morgan fingerprint density at radius 2 is 2.07 bits per heavy atom. The minimum absolute atomic E-state index is 0.116. The number of rotatable bonds is 2. The predicted octanol–water partition coefficient (Wildman–Crippen LogP) is 0.783. The Balaban J connectivity index is 2.58. The summed E-state index contributed by atoms with van der Waals surface area (Å²) in [5.74, 6) is -0.116. The quantitative estimate of drug-likeness (QED) is 0.656.